The molecule has 0 aliphatic rings. The Balaban J connectivity index is 3.58. The zero-order chi connectivity index (χ0) is 10.8. The van der Waals surface area contributed by atoms with Crippen LogP contribution in [0.5, 0.6) is 0 Å². The predicted octanol–water partition coefficient (Wildman–Crippen LogP) is 3.66. The highest BCUT2D eigenvalue weighted by atomic mass is 35.5. The fourth-order valence-corrected chi connectivity index (χ4v) is 2.11. The van der Waals surface area contributed by atoms with Gasteiger partial charge in [0.05, 0.1) is 0 Å². The normalized spacial score (nSPS) is 13.4. The molecule has 0 aromatic rings. The summed E-state index contributed by atoms with van der Waals surface area (Å²) in [7, 11) is 0. The second kappa shape index (κ2) is 9.60. The van der Waals surface area contributed by atoms with Gasteiger partial charge in [-0.25, -0.2) is 0 Å². The summed E-state index contributed by atoms with van der Waals surface area (Å²) in [5, 5.41) is 0.435. The summed E-state index contributed by atoms with van der Waals surface area (Å²) in [5.41, 5.74) is 0. The van der Waals surface area contributed by atoms with Gasteiger partial charge in [-0.1, -0.05) is 19.9 Å². The zero-order valence-electron chi connectivity index (χ0n) is 8.96. The first kappa shape index (κ1) is 14.1. The molecular formula is C11H19ClOS. The molecule has 0 spiro atoms. The van der Waals surface area contributed by atoms with Gasteiger partial charge in [-0.2, -0.15) is 11.8 Å². The number of allylic oxidation sites excluding steroid dienone is 2. The van der Waals surface area contributed by atoms with Gasteiger partial charge in [-0.15, -0.1) is 11.6 Å². The largest absolute Gasteiger partial charge is 0.295 e. The molecule has 0 amide bonds. The van der Waals surface area contributed by atoms with E-state index in [1.54, 1.807) is 6.08 Å². The number of unbranched alkanes of at least 4 members (excludes halogenated alkanes) is 1. The van der Waals surface area contributed by atoms with Crippen LogP contribution in [0.1, 0.15) is 33.1 Å². The third kappa shape index (κ3) is 8.64. The molecule has 0 aliphatic carbocycles. The van der Waals surface area contributed by atoms with Crippen LogP contribution in [0.25, 0.3) is 0 Å². The molecule has 0 saturated heterocycles. The number of thioether (sulfide) groups is 1. The van der Waals surface area contributed by atoms with Crippen molar-refractivity contribution in [3.8, 4) is 0 Å². The molecule has 0 saturated carbocycles. The minimum Gasteiger partial charge on any atom is -0.295 e. The fourth-order valence-electron chi connectivity index (χ4n) is 1.10. The Bertz CT molecular complexity index is 180. The third-order valence-corrected chi connectivity index (χ3v) is 3.08. The lowest BCUT2D eigenvalue weighted by Crippen LogP contribution is -2.04. The summed E-state index contributed by atoms with van der Waals surface area (Å²) < 4.78 is 0. The van der Waals surface area contributed by atoms with Gasteiger partial charge in [0.15, 0.2) is 5.78 Å². The summed E-state index contributed by atoms with van der Waals surface area (Å²) in [6, 6.07) is 0. The van der Waals surface area contributed by atoms with E-state index in [4.69, 9.17) is 11.6 Å². The standard InChI is InChI=1S/C11H19ClOS/c1-3-14-10(2)9-11(13)7-5-4-6-8-12/h5,7,10H,3-4,6,8-9H2,1-2H3. The van der Waals surface area contributed by atoms with E-state index < -0.39 is 0 Å². The Morgan fingerprint density at radius 1 is 1.57 bits per heavy atom. The number of halogens is 1. The van der Waals surface area contributed by atoms with Gasteiger partial charge < -0.3 is 0 Å². The van der Waals surface area contributed by atoms with Crippen molar-refractivity contribution in [3.05, 3.63) is 12.2 Å². The van der Waals surface area contributed by atoms with Crippen LogP contribution in [-0.4, -0.2) is 22.7 Å². The van der Waals surface area contributed by atoms with E-state index in [9.17, 15) is 4.79 Å². The lowest BCUT2D eigenvalue weighted by molar-refractivity contribution is -0.114. The molecule has 1 nitrogen and oxygen atoms in total. The summed E-state index contributed by atoms with van der Waals surface area (Å²) in [6.07, 6.45) is 6.12. The van der Waals surface area contributed by atoms with E-state index in [0.29, 0.717) is 17.6 Å². The number of carbonyl (C=O) groups is 1. The average Bonchev–Trinajstić information content (AvgIpc) is 2.13. The molecule has 0 bridgehead atoms. The SMILES string of the molecule is CCSC(C)CC(=O)C=CCCCCl. The molecule has 82 valence electrons. The first-order valence-electron chi connectivity index (χ1n) is 5.07. The minimum atomic E-state index is 0.230. The molecule has 14 heavy (non-hydrogen) atoms. The van der Waals surface area contributed by atoms with Crippen molar-refractivity contribution in [2.24, 2.45) is 0 Å². The van der Waals surface area contributed by atoms with E-state index in [1.165, 1.54) is 0 Å². The Kier molecular flexibility index (Phi) is 9.63. The Morgan fingerprint density at radius 2 is 2.29 bits per heavy atom. The lowest BCUT2D eigenvalue weighted by atomic mass is 10.2. The van der Waals surface area contributed by atoms with Crippen LogP contribution in [0.15, 0.2) is 12.2 Å². The van der Waals surface area contributed by atoms with Crippen molar-refractivity contribution >= 4 is 29.1 Å². The maximum Gasteiger partial charge on any atom is 0.156 e. The molecule has 0 fully saturated rings. The van der Waals surface area contributed by atoms with Crippen LogP contribution >= 0.6 is 23.4 Å². The Labute approximate surface area is 96.3 Å². The molecule has 0 aromatic heterocycles. The number of alkyl halides is 1. The Hall–Kier alpha value is 0.0500. The first-order valence-corrected chi connectivity index (χ1v) is 6.66. The van der Waals surface area contributed by atoms with Crippen LogP contribution in [0.3, 0.4) is 0 Å². The van der Waals surface area contributed by atoms with Gasteiger partial charge in [0.2, 0.25) is 0 Å². The van der Waals surface area contributed by atoms with Crippen molar-refractivity contribution in [2.45, 2.75) is 38.4 Å². The predicted molar refractivity (Wildman–Crippen MR) is 66.3 cm³/mol. The van der Waals surface area contributed by atoms with Gasteiger partial charge in [0.25, 0.3) is 0 Å². The molecule has 0 rings (SSSR count). The average molecular weight is 235 g/mol. The summed E-state index contributed by atoms with van der Waals surface area (Å²) in [5.74, 6) is 1.97. The molecular weight excluding hydrogens is 216 g/mol. The van der Waals surface area contributed by atoms with Crippen LogP contribution < -0.4 is 0 Å². The van der Waals surface area contributed by atoms with Crippen molar-refractivity contribution < 1.29 is 4.79 Å². The summed E-state index contributed by atoms with van der Waals surface area (Å²) >= 11 is 7.35. The summed E-state index contributed by atoms with van der Waals surface area (Å²) in [6.45, 7) is 4.21. The quantitative estimate of drug-likeness (QED) is 0.362. The van der Waals surface area contributed by atoms with Crippen molar-refractivity contribution in [1.29, 1.82) is 0 Å². The number of ketones is 1. The molecule has 1 atom stereocenters. The van der Waals surface area contributed by atoms with Crippen LogP contribution in [-0.2, 0) is 4.79 Å². The third-order valence-electron chi connectivity index (χ3n) is 1.75. The van der Waals surface area contributed by atoms with Gasteiger partial charge in [-0.05, 0) is 24.7 Å². The summed E-state index contributed by atoms with van der Waals surface area (Å²) in [4.78, 5) is 11.4. The number of rotatable bonds is 8. The van der Waals surface area contributed by atoms with Crippen LogP contribution in [0, 0.1) is 0 Å². The van der Waals surface area contributed by atoms with E-state index in [-0.39, 0.29) is 5.78 Å². The van der Waals surface area contributed by atoms with Crippen molar-refractivity contribution in [1.82, 2.24) is 0 Å². The van der Waals surface area contributed by atoms with E-state index >= 15 is 0 Å². The van der Waals surface area contributed by atoms with E-state index in [1.807, 2.05) is 17.8 Å². The van der Waals surface area contributed by atoms with Crippen molar-refractivity contribution in [3.63, 3.8) is 0 Å². The van der Waals surface area contributed by atoms with E-state index in [2.05, 4.69) is 13.8 Å². The monoisotopic (exact) mass is 234 g/mol. The molecule has 0 aromatic carbocycles. The molecule has 3 heteroatoms. The molecule has 0 aliphatic heterocycles. The number of hydrogen-bond acceptors (Lipinski definition) is 2. The highest BCUT2D eigenvalue weighted by Gasteiger charge is 2.05. The topological polar surface area (TPSA) is 17.1 Å². The van der Waals surface area contributed by atoms with Gasteiger partial charge >= 0.3 is 0 Å². The molecule has 0 heterocycles. The van der Waals surface area contributed by atoms with Crippen LogP contribution in [0.4, 0.5) is 0 Å². The maximum absolute atomic E-state index is 11.4. The number of carbonyl (C=O) groups excluding carboxylic acids is 1. The Morgan fingerprint density at radius 3 is 2.86 bits per heavy atom. The second-order valence-electron chi connectivity index (χ2n) is 3.17. The molecule has 1 unspecified atom stereocenters. The van der Waals surface area contributed by atoms with E-state index in [0.717, 1.165) is 18.6 Å². The van der Waals surface area contributed by atoms with Gasteiger partial charge in [0, 0.05) is 17.6 Å². The first-order chi connectivity index (χ1) is 6.70. The van der Waals surface area contributed by atoms with Crippen molar-refractivity contribution in [2.75, 3.05) is 11.6 Å². The molecule has 0 N–H and O–H groups in total. The number of hydrogen-bond donors (Lipinski definition) is 0. The van der Waals surface area contributed by atoms with Gasteiger partial charge in [-0.3, -0.25) is 4.79 Å². The fraction of sp³-hybridized carbons (Fsp3) is 0.727. The smallest absolute Gasteiger partial charge is 0.156 e. The van der Waals surface area contributed by atoms with Gasteiger partial charge in [0.1, 0.15) is 0 Å². The molecule has 0 radical (unpaired) electrons. The minimum absolute atomic E-state index is 0.230. The lowest BCUT2D eigenvalue weighted by Gasteiger charge is -2.05. The highest BCUT2D eigenvalue weighted by Crippen LogP contribution is 2.13. The zero-order valence-corrected chi connectivity index (χ0v) is 10.5. The maximum atomic E-state index is 11.4. The second-order valence-corrected chi connectivity index (χ2v) is 5.26. The van der Waals surface area contributed by atoms with Crippen LogP contribution in [0.2, 0.25) is 0 Å². The highest BCUT2D eigenvalue weighted by molar-refractivity contribution is 7.99.